The minimum atomic E-state index is -0.158. The van der Waals surface area contributed by atoms with Crippen LogP contribution in [0.1, 0.15) is 30.7 Å². The molecule has 2 aromatic rings. The van der Waals surface area contributed by atoms with E-state index in [2.05, 4.69) is 28.4 Å². The standard InChI is InChI=1S/C14H14N2O/c17-14-9-8-13(15-16-14)12-7-2-1-6-11(12)10-4-3-5-10/h1-2,6-10H,3-5H2,(H,16,17). The Morgan fingerprint density at radius 1 is 1.12 bits per heavy atom. The molecule has 1 N–H and O–H groups in total. The van der Waals surface area contributed by atoms with Crippen LogP contribution in [0.3, 0.4) is 0 Å². The Kier molecular flexibility index (Phi) is 2.52. The maximum Gasteiger partial charge on any atom is 0.264 e. The van der Waals surface area contributed by atoms with E-state index in [0.717, 1.165) is 11.3 Å². The lowest BCUT2D eigenvalue weighted by Crippen LogP contribution is -2.11. The van der Waals surface area contributed by atoms with E-state index < -0.39 is 0 Å². The van der Waals surface area contributed by atoms with E-state index in [1.165, 1.54) is 30.9 Å². The van der Waals surface area contributed by atoms with Gasteiger partial charge in [0.15, 0.2) is 0 Å². The number of nitrogens with zero attached hydrogens (tertiary/aromatic N) is 1. The van der Waals surface area contributed by atoms with Crippen molar-refractivity contribution in [3.05, 3.63) is 52.3 Å². The zero-order valence-corrected chi connectivity index (χ0v) is 9.52. The molecular weight excluding hydrogens is 212 g/mol. The largest absolute Gasteiger partial charge is 0.268 e. The molecule has 17 heavy (non-hydrogen) atoms. The smallest absolute Gasteiger partial charge is 0.264 e. The first-order valence-corrected chi connectivity index (χ1v) is 5.99. The molecule has 1 fully saturated rings. The summed E-state index contributed by atoms with van der Waals surface area (Å²) in [5.41, 5.74) is 3.20. The molecule has 3 rings (SSSR count). The van der Waals surface area contributed by atoms with Crippen LogP contribution in [0, 0.1) is 0 Å². The number of rotatable bonds is 2. The Morgan fingerprint density at radius 3 is 2.59 bits per heavy atom. The van der Waals surface area contributed by atoms with Crippen molar-refractivity contribution in [2.24, 2.45) is 0 Å². The van der Waals surface area contributed by atoms with E-state index in [4.69, 9.17) is 0 Å². The lowest BCUT2D eigenvalue weighted by molar-refractivity contribution is 0.420. The van der Waals surface area contributed by atoms with E-state index in [0.29, 0.717) is 5.92 Å². The molecule has 1 aromatic heterocycles. The topological polar surface area (TPSA) is 45.8 Å². The molecule has 0 unspecified atom stereocenters. The molecule has 0 amide bonds. The zero-order valence-electron chi connectivity index (χ0n) is 9.52. The Balaban J connectivity index is 2.07. The predicted octanol–water partition coefficient (Wildman–Crippen LogP) is 2.70. The first kappa shape index (κ1) is 10.3. The van der Waals surface area contributed by atoms with E-state index in [1.807, 2.05) is 6.07 Å². The van der Waals surface area contributed by atoms with Gasteiger partial charge in [-0.05, 0) is 30.4 Å². The SMILES string of the molecule is O=c1ccc(-c2ccccc2C2CCC2)n[nH]1. The molecule has 86 valence electrons. The average Bonchev–Trinajstić information content (AvgIpc) is 2.29. The molecule has 3 nitrogen and oxygen atoms in total. The molecule has 0 bridgehead atoms. The highest BCUT2D eigenvalue weighted by atomic mass is 16.1. The number of aromatic nitrogens is 2. The lowest BCUT2D eigenvalue weighted by Gasteiger charge is -2.27. The van der Waals surface area contributed by atoms with Crippen molar-refractivity contribution in [2.45, 2.75) is 25.2 Å². The van der Waals surface area contributed by atoms with Gasteiger partial charge in [0, 0.05) is 11.6 Å². The fourth-order valence-corrected chi connectivity index (χ4v) is 2.30. The number of aromatic amines is 1. The molecule has 0 aliphatic heterocycles. The van der Waals surface area contributed by atoms with Crippen molar-refractivity contribution in [3.8, 4) is 11.3 Å². The lowest BCUT2D eigenvalue weighted by atomic mass is 9.78. The van der Waals surface area contributed by atoms with Crippen LogP contribution in [-0.4, -0.2) is 10.2 Å². The van der Waals surface area contributed by atoms with Gasteiger partial charge in [-0.2, -0.15) is 5.10 Å². The molecule has 0 spiro atoms. The normalized spacial score (nSPS) is 15.5. The summed E-state index contributed by atoms with van der Waals surface area (Å²) in [5.74, 6) is 0.667. The molecule has 3 heteroatoms. The third kappa shape index (κ3) is 1.88. The summed E-state index contributed by atoms with van der Waals surface area (Å²) < 4.78 is 0. The van der Waals surface area contributed by atoms with Crippen LogP contribution in [-0.2, 0) is 0 Å². The van der Waals surface area contributed by atoms with Gasteiger partial charge in [-0.25, -0.2) is 5.10 Å². The van der Waals surface area contributed by atoms with Crippen LogP contribution < -0.4 is 5.56 Å². The highest BCUT2D eigenvalue weighted by Crippen LogP contribution is 2.40. The highest BCUT2D eigenvalue weighted by Gasteiger charge is 2.22. The van der Waals surface area contributed by atoms with Crippen molar-refractivity contribution in [1.29, 1.82) is 0 Å². The van der Waals surface area contributed by atoms with Crippen LogP contribution in [0.15, 0.2) is 41.2 Å². The quantitative estimate of drug-likeness (QED) is 0.855. The summed E-state index contributed by atoms with van der Waals surface area (Å²) in [4.78, 5) is 11.0. The van der Waals surface area contributed by atoms with Crippen molar-refractivity contribution in [3.63, 3.8) is 0 Å². The van der Waals surface area contributed by atoms with Crippen molar-refractivity contribution in [1.82, 2.24) is 10.2 Å². The molecule has 1 aromatic carbocycles. The Labute approximate surface area is 99.5 Å². The highest BCUT2D eigenvalue weighted by molar-refractivity contribution is 5.64. The maximum atomic E-state index is 11.0. The van der Waals surface area contributed by atoms with Gasteiger partial charge < -0.3 is 0 Å². The van der Waals surface area contributed by atoms with Crippen LogP contribution in [0.4, 0.5) is 0 Å². The van der Waals surface area contributed by atoms with Crippen LogP contribution >= 0.6 is 0 Å². The van der Waals surface area contributed by atoms with E-state index in [9.17, 15) is 4.79 Å². The van der Waals surface area contributed by atoms with Gasteiger partial charge in [0.1, 0.15) is 0 Å². The molecule has 0 atom stereocenters. The van der Waals surface area contributed by atoms with E-state index in [-0.39, 0.29) is 5.56 Å². The molecule has 0 radical (unpaired) electrons. The van der Waals surface area contributed by atoms with E-state index in [1.54, 1.807) is 6.07 Å². The van der Waals surface area contributed by atoms with Crippen molar-refractivity contribution in [2.75, 3.05) is 0 Å². The first-order valence-electron chi connectivity index (χ1n) is 5.99. The second-order valence-electron chi connectivity index (χ2n) is 4.52. The summed E-state index contributed by atoms with van der Waals surface area (Å²) >= 11 is 0. The molecule has 0 saturated heterocycles. The van der Waals surface area contributed by atoms with Gasteiger partial charge in [-0.3, -0.25) is 4.79 Å². The summed E-state index contributed by atoms with van der Waals surface area (Å²) in [6, 6.07) is 11.7. The van der Waals surface area contributed by atoms with Gasteiger partial charge >= 0.3 is 0 Å². The zero-order chi connectivity index (χ0) is 11.7. The van der Waals surface area contributed by atoms with E-state index >= 15 is 0 Å². The fourth-order valence-electron chi connectivity index (χ4n) is 2.30. The van der Waals surface area contributed by atoms with Crippen LogP contribution in [0.5, 0.6) is 0 Å². The van der Waals surface area contributed by atoms with Gasteiger partial charge in [0.2, 0.25) is 0 Å². The van der Waals surface area contributed by atoms with Crippen LogP contribution in [0.25, 0.3) is 11.3 Å². The van der Waals surface area contributed by atoms with Gasteiger partial charge in [0.25, 0.3) is 5.56 Å². The second-order valence-corrected chi connectivity index (χ2v) is 4.52. The fraction of sp³-hybridized carbons (Fsp3) is 0.286. The number of benzene rings is 1. The van der Waals surface area contributed by atoms with Crippen molar-refractivity contribution < 1.29 is 0 Å². The number of H-pyrrole nitrogens is 1. The summed E-state index contributed by atoms with van der Waals surface area (Å²) in [6.07, 6.45) is 3.85. The number of hydrogen-bond acceptors (Lipinski definition) is 2. The first-order chi connectivity index (χ1) is 8.34. The number of hydrogen-bond donors (Lipinski definition) is 1. The predicted molar refractivity (Wildman–Crippen MR) is 66.9 cm³/mol. The maximum absolute atomic E-state index is 11.0. The molecule has 1 heterocycles. The third-order valence-electron chi connectivity index (χ3n) is 3.46. The monoisotopic (exact) mass is 226 g/mol. The van der Waals surface area contributed by atoms with Crippen LogP contribution in [0.2, 0.25) is 0 Å². The minimum Gasteiger partial charge on any atom is -0.268 e. The molecular formula is C14H14N2O. The average molecular weight is 226 g/mol. The molecule has 1 aliphatic carbocycles. The Bertz CT molecular complexity index is 564. The third-order valence-corrected chi connectivity index (χ3v) is 3.46. The van der Waals surface area contributed by atoms with Gasteiger partial charge in [-0.1, -0.05) is 30.7 Å². The summed E-state index contributed by atoms with van der Waals surface area (Å²) in [6.45, 7) is 0. The second kappa shape index (κ2) is 4.17. The summed E-state index contributed by atoms with van der Waals surface area (Å²) in [7, 11) is 0. The molecule has 1 saturated carbocycles. The number of nitrogens with one attached hydrogen (secondary N) is 1. The Hall–Kier alpha value is -1.90. The molecule has 1 aliphatic rings. The van der Waals surface area contributed by atoms with Gasteiger partial charge in [0.05, 0.1) is 5.69 Å². The minimum absolute atomic E-state index is 0.158. The van der Waals surface area contributed by atoms with Crippen molar-refractivity contribution >= 4 is 0 Å². The van der Waals surface area contributed by atoms with Gasteiger partial charge in [-0.15, -0.1) is 0 Å². The Morgan fingerprint density at radius 2 is 1.94 bits per heavy atom. The summed E-state index contributed by atoms with van der Waals surface area (Å²) in [5, 5.41) is 6.61.